The van der Waals surface area contributed by atoms with E-state index in [1.807, 2.05) is 0 Å². The van der Waals surface area contributed by atoms with E-state index in [0.717, 1.165) is 32.2 Å². The highest BCUT2D eigenvalue weighted by Crippen LogP contribution is 2.13. The highest BCUT2D eigenvalue weighted by atomic mass is 16.1. The van der Waals surface area contributed by atoms with Crippen molar-refractivity contribution in [3.63, 3.8) is 0 Å². The van der Waals surface area contributed by atoms with E-state index in [4.69, 9.17) is 0 Å². The first-order valence-electron chi connectivity index (χ1n) is 3.97. The van der Waals surface area contributed by atoms with Crippen LogP contribution in [0.2, 0.25) is 0 Å². The van der Waals surface area contributed by atoms with Crippen LogP contribution in [0.25, 0.3) is 0 Å². The van der Waals surface area contributed by atoms with E-state index in [0.29, 0.717) is 5.92 Å². The molecule has 0 aromatic carbocycles. The molecule has 2 heteroatoms. The van der Waals surface area contributed by atoms with Crippen LogP contribution >= 0.6 is 0 Å². The van der Waals surface area contributed by atoms with Gasteiger partial charge in [0.25, 0.3) is 0 Å². The Balaban J connectivity index is 2.32. The van der Waals surface area contributed by atoms with E-state index in [2.05, 4.69) is 11.9 Å². The van der Waals surface area contributed by atoms with Crippen molar-refractivity contribution in [2.24, 2.45) is 5.92 Å². The second-order valence-corrected chi connectivity index (χ2v) is 3.13. The van der Waals surface area contributed by atoms with Crippen LogP contribution in [-0.2, 0) is 4.79 Å². The molecule has 0 aromatic rings. The van der Waals surface area contributed by atoms with Crippen molar-refractivity contribution in [1.82, 2.24) is 4.90 Å². The Hall–Kier alpha value is -0.370. The van der Waals surface area contributed by atoms with Gasteiger partial charge in [0.2, 0.25) is 0 Å². The minimum atomic E-state index is 0.338. The number of likely N-dealkylation sites (tertiary alicyclic amines) is 1. The number of aldehydes is 1. The summed E-state index contributed by atoms with van der Waals surface area (Å²) in [6.07, 6.45) is 4.44. The average molecular weight is 141 g/mol. The number of rotatable bonds is 1. The summed E-state index contributed by atoms with van der Waals surface area (Å²) in [5.41, 5.74) is 0. The number of nitrogens with zero attached hydrogens (tertiary/aromatic N) is 1. The fraction of sp³-hybridized carbons (Fsp3) is 0.875. The molecule has 1 aliphatic rings. The summed E-state index contributed by atoms with van der Waals surface area (Å²) in [5.74, 6) is 0.338. The molecule has 1 saturated heterocycles. The van der Waals surface area contributed by atoms with Gasteiger partial charge in [0.1, 0.15) is 6.29 Å². The summed E-state index contributed by atoms with van der Waals surface area (Å²) in [6, 6.07) is 0. The smallest absolute Gasteiger partial charge is 0.123 e. The van der Waals surface area contributed by atoms with Crippen molar-refractivity contribution in [2.45, 2.75) is 19.3 Å². The Morgan fingerprint density at radius 1 is 1.40 bits per heavy atom. The lowest BCUT2D eigenvalue weighted by molar-refractivity contribution is -0.111. The standard InChI is InChI=1S/C8H15NO/c1-9-5-2-3-8(7-10)4-6-9/h7-8H,2-6H2,1H3. The summed E-state index contributed by atoms with van der Waals surface area (Å²) < 4.78 is 0. The lowest BCUT2D eigenvalue weighted by Crippen LogP contribution is -2.18. The zero-order chi connectivity index (χ0) is 7.40. The third-order valence-corrected chi connectivity index (χ3v) is 2.19. The zero-order valence-electron chi connectivity index (χ0n) is 6.55. The van der Waals surface area contributed by atoms with Crippen LogP contribution in [0.5, 0.6) is 0 Å². The normalized spacial score (nSPS) is 29.5. The van der Waals surface area contributed by atoms with Crippen LogP contribution < -0.4 is 0 Å². The van der Waals surface area contributed by atoms with Crippen molar-refractivity contribution in [2.75, 3.05) is 20.1 Å². The Morgan fingerprint density at radius 3 is 2.90 bits per heavy atom. The van der Waals surface area contributed by atoms with Crippen LogP contribution in [0.15, 0.2) is 0 Å². The molecule has 58 valence electrons. The van der Waals surface area contributed by atoms with Gasteiger partial charge in [-0.3, -0.25) is 0 Å². The Morgan fingerprint density at radius 2 is 2.20 bits per heavy atom. The largest absolute Gasteiger partial charge is 0.306 e. The maximum atomic E-state index is 10.4. The van der Waals surface area contributed by atoms with Crippen molar-refractivity contribution < 1.29 is 4.79 Å². The van der Waals surface area contributed by atoms with E-state index in [-0.39, 0.29) is 0 Å². The minimum absolute atomic E-state index is 0.338. The molecule has 0 saturated carbocycles. The lowest BCUT2D eigenvalue weighted by Gasteiger charge is -2.11. The predicted molar refractivity (Wildman–Crippen MR) is 40.9 cm³/mol. The molecule has 2 nitrogen and oxygen atoms in total. The lowest BCUT2D eigenvalue weighted by atomic mass is 10.0. The molecular formula is C8H15NO. The Kier molecular flexibility index (Phi) is 2.87. The highest BCUT2D eigenvalue weighted by molar-refractivity contribution is 5.53. The van der Waals surface area contributed by atoms with Gasteiger partial charge in [0.05, 0.1) is 0 Å². The molecule has 0 N–H and O–H groups in total. The van der Waals surface area contributed by atoms with Gasteiger partial charge in [-0.05, 0) is 39.4 Å². The molecule has 0 amide bonds. The summed E-state index contributed by atoms with van der Waals surface area (Å²) in [4.78, 5) is 12.7. The molecule has 0 bridgehead atoms. The van der Waals surface area contributed by atoms with Crippen molar-refractivity contribution in [3.8, 4) is 0 Å². The van der Waals surface area contributed by atoms with Crippen LogP contribution in [0.1, 0.15) is 19.3 Å². The SMILES string of the molecule is CN1CCCC(C=O)CC1. The Bertz CT molecular complexity index is 114. The fourth-order valence-corrected chi connectivity index (χ4v) is 1.40. The summed E-state index contributed by atoms with van der Waals surface area (Å²) in [7, 11) is 2.12. The first-order valence-corrected chi connectivity index (χ1v) is 3.97. The third kappa shape index (κ3) is 2.10. The van der Waals surface area contributed by atoms with Crippen LogP contribution in [-0.4, -0.2) is 31.3 Å². The average Bonchev–Trinajstić information content (AvgIpc) is 2.14. The second-order valence-electron chi connectivity index (χ2n) is 3.13. The van der Waals surface area contributed by atoms with Crippen LogP contribution in [0, 0.1) is 5.92 Å². The molecule has 1 unspecified atom stereocenters. The predicted octanol–water partition coefficient (Wildman–Crippen LogP) is 0.917. The maximum Gasteiger partial charge on any atom is 0.123 e. The molecule has 1 aliphatic heterocycles. The molecule has 1 heterocycles. The van der Waals surface area contributed by atoms with E-state index in [9.17, 15) is 4.79 Å². The van der Waals surface area contributed by atoms with Crippen molar-refractivity contribution in [3.05, 3.63) is 0 Å². The number of hydrogen-bond donors (Lipinski definition) is 0. The van der Waals surface area contributed by atoms with E-state index in [1.165, 1.54) is 6.42 Å². The zero-order valence-corrected chi connectivity index (χ0v) is 6.55. The topological polar surface area (TPSA) is 20.3 Å². The molecule has 1 atom stereocenters. The van der Waals surface area contributed by atoms with Gasteiger partial charge in [-0.25, -0.2) is 0 Å². The monoisotopic (exact) mass is 141 g/mol. The van der Waals surface area contributed by atoms with Gasteiger partial charge in [0, 0.05) is 5.92 Å². The third-order valence-electron chi connectivity index (χ3n) is 2.19. The number of carbonyl (C=O) groups excluding carboxylic acids is 1. The van der Waals surface area contributed by atoms with Gasteiger partial charge in [0.15, 0.2) is 0 Å². The van der Waals surface area contributed by atoms with Gasteiger partial charge >= 0.3 is 0 Å². The highest BCUT2D eigenvalue weighted by Gasteiger charge is 2.12. The van der Waals surface area contributed by atoms with E-state index in [1.54, 1.807) is 0 Å². The molecule has 0 spiro atoms. The summed E-state index contributed by atoms with van der Waals surface area (Å²) in [6.45, 7) is 2.24. The van der Waals surface area contributed by atoms with Crippen LogP contribution in [0.3, 0.4) is 0 Å². The summed E-state index contributed by atoms with van der Waals surface area (Å²) in [5, 5.41) is 0. The molecular weight excluding hydrogens is 126 g/mol. The van der Waals surface area contributed by atoms with Crippen molar-refractivity contribution in [1.29, 1.82) is 0 Å². The van der Waals surface area contributed by atoms with Gasteiger partial charge in [-0.1, -0.05) is 0 Å². The molecule has 0 aliphatic carbocycles. The Labute approximate surface area is 62.2 Å². The molecule has 10 heavy (non-hydrogen) atoms. The first-order chi connectivity index (χ1) is 4.83. The van der Waals surface area contributed by atoms with E-state index < -0.39 is 0 Å². The van der Waals surface area contributed by atoms with E-state index >= 15 is 0 Å². The maximum absolute atomic E-state index is 10.4. The van der Waals surface area contributed by atoms with Gasteiger partial charge in [-0.2, -0.15) is 0 Å². The van der Waals surface area contributed by atoms with Crippen molar-refractivity contribution >= 4 is 6.29 Å². The second kappa shape index (κ2) is 3.71. The molecule has 1 fully saturated rings. The number of hydrogen-bond acceptors (Lipinski definition) is 2. The minimum Gasteiger partial charge on any atom is -0.306 e. The summed E-state index contributed by atoms with van der Waals surface area (Å²) >= 11 is 0. The van der Waals surface area contributed by atoms with Gasteiger partial charge in [-0.15, -0.1) is 0 Å². The molecule has 1 rings (SSSR count). The first kappa shape index (κ1) is 7.73. The van der Waals surface area contributed by atoms with Gasteiger partial charge < -0.3 is 9.69 Å². The number of carbonyl (C=O) groups is 1. The quantitative estimate of drug-likeness (QED) is 0.506. The fourth-order valence-electron chi connectivity index (χ4n) is 1.40. The van der Waals surface area contributed by atoms with Crippen LogP contribution in [0.4, 0.5) is 0 Å². The molecule has 0 radical (unpaired) electrons. The molecule has 0 aromatic heterocycles.